The Labute approximate surface area is 166 Å². The number of hydrogen-bond acceptors (Lipinski definition) is 4. The van der Waals surface area contributed by atoms with E-state index in [1.54, 1.807) is 18.2 Å². The Morgan fingerprint density at radius 3 is 2.23 bits per heavy atom. The molecule has 0 fully saturated rings. The maximum Gasteiger partial charge on any atom is 0.416 e. The average molecular weight is 432 g/mol. The predicted molar refractivity (Wildman–Crippen MR) is 93.1 cm³/mol. The predicted octanol–water partition coefficient (Wildman–Crippen LogP) is 4.54. The summed E-state index contributed by atoms with van der Waals surface area (Å²) in [7, 11) is 0. The van der Waals surface area contributed by atoms with E-state index in [1.165, 1.54) is 6.21 Å². The van der Waals surface area contributed by atoms with Gasteiger partial charge in [0, 0.05) is 6.42 Å². The fourth-order valence-electron chi connectivity index (χ4n) is 2.65. The number of halogens is 6. The molecular weight excluding hydrogens is 418 g/mol. The lowest BCUT2D eigenvalue weighted by molar-refractivity contribution is -0.143. The molecule has 0 spiro atoms. The van der Waals surface area contributed by atoms with Crippen LogP contribution in [0.5, 0.6) is 11.5 Å². The molecule has 5 nitrogen and oxygen atoms in total. The van der Waals surface area contributed by atoms with Gasteiger partial charge in [-0.25, -0.2) is 5.43 Å². The van der Waals surface area contributed by atoms with Gasteiger partial charge in [0.15, 0.2) is 11.5 Å². The Hall–Kier alpha value is -3.24. The third-order valence-corrected chi connectivity index (χ3v) is 4.09. The van der Waals surface area contributed by atoms with Crippen LogP contribution in [0.3, 0.4) is 0 Å². The quantitative estimate of drug-likeness (QED) is 0.429. The third-order valence-electron chi connectivity index (χ3n) is 4.09. The number of nitrogens with zero attached hydrogens (tertiary/aromatic N) is 1. The van der Waals surface area contributed by atoms with Crippen molar-refractivity contribution in [3.05, 3.63) is 58.7 Å². The fourth-order valence-corrected chi connectivity index (χ4v) is 2.65. The second-order valence-corrected chi connectivity index (χ2v) is 6.32. The van der Waals surface area contributed by atoms with Gasteiger partial charge in [0.05, 0.1) is 17.3 Å². The standard InChI is InChI=1S/C19H14F6N2O3/c20-18(21,22)13-5-11(6-14(8-13)19(23,24)25)2-4-17(28)27-26-9-12-1-3-15-16(7-12)30-10-29-15/h1,3,5-9H,2,4,10H2,(H,27,28)/b26-9+. The molecule has 2 aromatic rings. The van der Waals surface area contributed by atoms with Crippen molar-refractivity contribution in [3.63, 3.8) is 0 Å². The molecule has 0 unspecified atom stereocenters. The first-order valence-electron chi connectivity index (χ1n) is 8.52. The van der Waals surface area contributed by atoms with Crippen molar-refractivity contribution in [2.75, 3.05) is 6.79 Å². The SMILES string of the molecule is O=C(CCc1cc(C(F)(F)F)cc(C(F)(F)F)c1)N/N=C/c1ccc2c(c1)OCO2. The highest BCUT2D eigenvalue weighted by atomic mass is 19.4. The van der Waals surface area contributed by atoms with Gasteiger partial charge in [-0.05, 0) is 53.9 Å². The summed E-state index contributed by atoms with van der Waals surface area (Å²) in [5.41, 5.74) is -0.340. The molecule has 0 aliphatic carbocycles. The van der Waals surface area contributed by atoms with Gasteiger partial charge in [0.1, 0.15) is 0 Å². The summed E-state index contributed by atoms with van der Waals surface area (Å²) in [6.07, 6.45) is -9.23. The van der Waals surface area contributed by atoms with Crippen molar-refractivity contribution in [3.8, 4) is 11.5 Å². The normalized spacial score (nSPS) is 13.7. The Morgan fingerprint density at radius 1 is 0.967 bits per heavy atom. The van der Waals surface area contributed by atoms with Crippen molar-refractivity contribution in [2.45, 2.75) is 25.2 Å². The molecule has 1 heterocycles. The summed E-state index contributed by atoms with van der Waals surface area (Å²) in [6.45, 7) is 0.0955. The number of hydrazone groups is 1. The van der Waals surface area contributed by atoms with E-state index in [0.29, 0.717) is 29.2 Å². The topological polar surface area (TPSA) is 59.9 Å². The van der Waals surface area contributed by atoms with E-state index in [9.17, 15) is 31.1 Å². The number of fused-ring (bicyclic) bond motifs is 1. The molecule has 0 bridgehead atoms. The van der Waals surface area contributed by atoms with E-state index in [4.69, 9.17) is 9.47 Å². The van der Waals surface area contributed by atoms with Crippen LogP contribution in [0.25, 0.3) is 0 Å². The Kier molecular flexibility index (Phi) is 5.90. The van der Waals surface area contributed by atoms with Crippen LogP contribution in [0.4, 0.5) is 26.3 Å². The molecule has 0 saturated heterocycles. The zero-order chi connectivity index (χ0) is 21.9. The minimum absolute atomic E-state index is 0.0409. The molecule has 0 aromatic heterocycles. The first-order chi connectivity index (χ1) is 14.0. The average Bonchev–Trinajstić information content (AvgIpc) is 3.12. The first-order valence-corrected chi connectivity index (χ1v) is 8.52. The highest BCUT2D eigenvalue weighted by molar-refractivity contribution is 5.83. The number of rotatable bonds is 5. The highest BCUT2D eigenvalue weighted by Crippen LogP contribution is 2.36. The zero-order valence-electron chi connectivity index (χ0n) is 15.1. The summed E-state index contributed by atoms with van der Waals surface area (Å²) in [6, 6.07) is 6.16. The Morgan fingerprint density at radius 2 is 1.60 bits per heavy atom. The molecule has 1 aliphatic rings. The maximum atomic E-state index is 12.9. The van der Waals surface area contributed by atoms with Crippen molar-refractivity contribution < 1.29 is 40.6 Å². The van der Waals surface area contributed by atoms with Crippen molar-refractivity contribution >= 4 is 12.1 Å². The van der Waals surface area contributed by atoms with Crippen LogP contribution in [-0.2, 0) is 23.6 Å². The van der Waals surface area contributed by atoms with Crippen LogP contribution in [0.1, 0.15) is 28.7 Å². The highest BCUT2D eigenvalue weighted by Gasteiger charge is 2.36. The van der Waals surface area contributed by atoms with Crippen LogP contribution in [0, 0.1) is 0 Å². The lowest BCUT2D eigenvalue weighted by Crippen LogP contribution is -2.18. The molecule has 0 radical (unpaired) electrons. The second-order valence-electron chi connectivity index (χ2n) is 6.32. The summed E-state index contributed by atoms with van der Waals surface area (Å²) in [5.74, 6) is 0.406. The van der Waals surface area contributed by atoms with Gasteiger partial charge in [0.25, 0.3) is 0 Å². The monoisotopic (exact) mass is 432 g/mol. The minimum atomic E-state index is -4.94. The van der Waals surface area contributed by atoms with Gasteiger partial charge in [0.2, 0.25) is 12.7 Å². The molecule has 1 amide bonds. The van der Waals surface area contributed by atoms with E-state index < -0.39 is 29.4 Å². The maximum absolute atomic E-state index is 12.9. The van der Waals surface area contributed by atoms with Crippen LogP contribution in [0.15, 0.2) is 41.5 Å². The Bertz CT molecular complexity index is 937. The van der Waals surface area contributed by atoms with Gasteiger partial charge >= 0.3 is 12.4 Å². The number of amides is 1. The van der Waals surface area contributed by atoms with E-state index in [2.05, 4.69) is 10.5 Å². The molecule has 3 rings (SSSR count). The summed E-state index contributed by atoms with van der Waals surface area (Å²) >= 11 is 0. The number of nitrogens with one attached hydrogen (secondary N) is 1. The van der Waals surface area contributed by atoms with Crippen molar-refractivity contribution in [1.82, 2.24) is 5.43 Å². The van der Waals surface area contributed by atoms with E-state index >= 15 is 0 Å². The molecule has 1 N–H and O–H groups in total. The molecule has 2 aromatic carbocycles. The van der Waals surface area contributed by atoms with E-state index in [-0.39, 0.29) is 31.3 Å². The second kappa shape index (κ2) is 8.25. The number of benzene rings is 2. The van der Waals surface area contributed by atoms with Gasteiger partial charge in [-0.15, -0.1) is 0 Å². The lowest BCUT2D eigenvalue weighted by Gasteiger charge is -2.14. The molecule has 30 heavy (non-hydrogen) atoms. The van der Waals surface area contributed by atoms with Crippen LogP contribution in [0.2, 0.25) is 0 Å². The summed E-state index contributed by atoms with van der Waals surface area (Å²) in [5, 5.41) is 3.71. The zero-order valence-corrected chi connectivity index (χ0v) is 15.1. The summed E-state index contributed by atoms with van der Waals surface area (Å²) in [4.78, 5) is 11.8. The Balaban J connectivity index is 1.61. The molecule has 0 atom stereocenters. The van der Waals surface area contributed by atoms with Crippen molar-refractivity contribution in [1.29, 1.82) is 0 Å². The molecule has 1 aliphatic heterocycles. The number of aryl methyl sites for hydroxylation is 1. The number of carbonyl (C=O) groups is 1. The number of carbonyl (C=O) groups excluding carboxylic acids is 1. The molecular formula is C19H14F6N2O3. The first kappa shape index (κ1) is 21.5. The number of ether oxygens (including phenoxy) is 2. The van der Waals surface area contributed by atoms with Crippen LogP contribution in [-0.4, -0.2) is 18.9 Å². The van der Waals surface area contributed by atoms with Crippen molar-refractivity contribution in [2.24, 2.45) is 5.10 Å². The van der Waals surface area contributed by atoms with Crippen LogP contribution >= 0.6 is 0 Å². The van der Waals surface area contributed by atoms with Gasteiger partial charge < -0.3 is 9.47 Å². The molecule has 160 valence electrons. The van der Waals surface area contributed by atoms with Gasteiger partial charge in [-0.2, -0.15) is 31.4 Å². The van der Waals surface area contributed by atoms with E-state index in [1.807, 2.05) is 0 Å². The van der Waals surface area contributed by atoms with E-state index in [0.717, 1.165) is 0 Å². The summed E-state index contributed by atoms with van der Waals surface area (Å²) < 4.78 is 87.5. The van der Waals surface area contributed by atoms with Gasteiger partial charge in [-0.3, -0.25) is 4.79 Å². The lowest BCUT2D eigenvalue weighted by atomic mass is 10.0. The smallest absolute Gasteiger partial charge is 0.416 e. The third kappa shape index (κ3) is 5.43. The number of alkyl halides is 6. The van der Waals surface area contributed by atoms with Crippen LogP contribution < -0.4 is 14.9 Å². The molecule has 11 heteroatoms. The number of hydrogen-bond donors (Lipinski definition) is 1. The van der Waals surface area contributed by atoms with Gasteiger partial charge in [-0.1, -0.05) is 0 Å². The molecule has 0 saturated carbocycles. The largest absolute Gasteiger partial charge is 0.454 e. The minimum Gasteiger partial charge on any atom is -0.454 e. The fraction of sp³-hybridized carbons (Fsp3) is 0.263.